The summed E-state index contributed by atoms with van der Waals surface area (Å²) in [4.78, 5) is 20.0. The number of hydrazine groups is 1. The van der Waals surface area contributed by atoms with E-state index in [-0.39, 0.29) is 5.71 Å². The van der Waals surface area contributed by atoms with Crippen LogP contribution in [0.1, 0.15) is 18.9 Å². The van der Waals surface area contributed by atoms with E-state index in [1.807, 2.05) is 6.92 Å². The summed E-state index contributed by atoms with van der Waals surface area (Å²) in [6.07, 6.45) is 8.90. The molecule has 2 aliphatic heterocycles. The Labute approximate surface area is 126 Å². The van der Waals surface area contributed by atoms with Crippen molar-refractivity contribution in [1.82, 2.24) is 15.4 Å². The van der Waals surface area contributed by atoms with E-state index in [1.165, 1.54) is 6.20 Å². The zero-order valence-corrected chi connectivity index (χ0v) is 12.0. The first-order valence-corrected chi connectivity index (χ1v) is 6.84. The van der Waals surface area contributed by atoms with Gasteiger partial charge < -0.3 is 10.5 Å². The first-order valence-electron chi connectivity index (χ1n) is 6.46. The molecule has 1 unspecified atom stereocenters. The molecule has 0 spiro atoms. The van der Waals surface area contributed by atoms with Crippen LogP contribution < -0.4 is 5.43 Å². The van der Waals surface area contributed by atoms with Crippen molar-refractivity contribution in [2.75, 3.05) is 0 Å². The highest BCUT2D eigenvalue weighted by Crippen LogP contribution is 2.41. The first kappa shape index (κ1) is 13.6. The lowest BCUT2D eigenvalue weighted by Gasteiger charge is -2.39. The van der Waals surface area contributed by atoms with Gasteiger partial charge in [-0.3, -0.25) is 9.99 Å². The SMILES string of the molecule is CCC1(c2cncc(Cl)c2)C(C(=O)O)=NC2=CC=CNN21. The number of fused-ring (bicyclic) bond motifs is 1. The Kier molecular flexibility index (Phi) is 3.17. The number of aliphatic carboxylic acids is 1. The molecule has 0 amide bonds. The Balaban J connectivity index is 2.23. The van der Waals surface area contributed by atoms with E-state index in [0.717, 1.165) is 0 Å². The Morgan fingerprint density at radius 3 is 3.00 bits per heavy atom. The van der Waals surface area contributed by atoms with Crippen LogP contribution in [0.2, 0.25) is 5.02 Å². The van der Waals surface area contributed by atoms with Crippen LogP contribution in [0.25, 0.3) is 0 Å². The van der Waals surface area contributed by atoms with Crippen LogP contribution in [-0.4, -0.2) is 26.8 Å². The summed E-state index contributed by atoms with van der Waals surface area (Å²) in [6, 6.07) is 1.72. The van der Waals surface area contributed by atoms with Crippen LogP contribution in [0, 0.1) is 0 Å². The number of aromatic nitrogens is 1. The molecule has 0 aromatic carbocycles. The fourth-order valence-electron chi connectivity index (χ4n) is 2.76. The number of pyridine rings is 1. The van der Waals surface area contributed by atoms with Crippen molar-refractivity contribution in [2.24, 2.45) is 4.99 Å². The van der Waals surface area contributed by atoms with Crippen LogP contribution in [0.4, 0.5) is 0 Å². The average Bonchev–Trinajstić information content (AvgIpc) is 2.83. The number of nitrogens with one attached hydrogen (secondary N) is 1. The number of carboxylic acid groups (broad SMARTS) is 1. The van der Waals surface area contributed by atoms with Crippen LogP contribution in [0.3, 0.4) is 0 Å². The van der Waals surface area contributed by atoms with E-state index in [0.29, 0.717) is 22.8 Å². The topological polar surface area (TPSA) is 77.8 Å². The number of hydrogen-bond donors (Lipinski definition) is 2. The molecule has 2 N–H and O–H groups in total. The highest BCUT2D eigenvalue weighted by atomic mass is 35.5. The highest BCUT2D eigenvalue weighted by molar-refractivity contribution is 6.40. The minimum atomic E-state index is -1.06. The van der Waals surface area contributed by atoms with E-state index in [4.69, 9.17) is 11.6 Å². The lowest BCUT2D eigenvalue weighted by atomic mass is 9.83. The molecule has 3 heterocycles. The predicted octanol–water partition coefficient (Wildman–Crippen LogP) is 2.05. The van der Waals surface area contributed by atoms with Gasteiger partial charge in [0.05, 0.1) is 5.02 Å². The second-order valence-corrected chi connectivity index (χ2v) is 5.16. The van der Waals surface area contributed by atoms with Gasteiger partial charge in [0, 0.05) is 24.2 Å². The normalized spacial score (nSPS) is 23.2. The summed E-state index contributed by atoms with van der Waals surface area (Å²) in [5, 5.41) is 11.8. The molecule has 108 valence electrons. The van der Waals surface area contributed by atoms with Gasteiger partial charge in [0.15, 0.2) is 5.71 Å². The molecule has 6 nitrogen and oxygen atoms in total. The number of nitrogens with zero attached hydrogens (tertiary/aromatic N) is 3. The van der Waals surface area contributed by atoms with Crippen molar-refractivity contribution in [3.63, 3.8) is 0 Å². The van der Waals surface area contributed by atoms with Gasteiger partial charge in [-0.2, -0.15) is 0 Å². The molecule has 0 saturated carbocycles. The minimum absolute atomic E-state index is 0.0523. The van der Waals surface area contributed by atoms with Gasteiger partial charge in [0.2, 0.25) is 0 Å². The lowest BCUT2D eigenvalue weighted by Crippen LogP contribution is -2.53. The van der Waals surface area contributed by atoms with Gasteiger partial charge in [-0.05, 0) is 24.6 Å². The molecule has 0 bridgehead atoms. The summed E-state index contributed by atoms with van der Waals surface area (Å²) in [5.74, 6) is -0.509. The summed E-state index contributed by atoms with van der Waals surface area (Å²) in [6.45, 7) is 1.91. The summed E-state index contributed by atoms with van der Waals surface area (Å²) < 4.78 is 0. The Bertz CT molecular complexity index is 698. The summed E-state index contributed by atoms with van der Waals surface area (Å²) in [5.41, 5.74) is 2.85. The first-order chi connectivity index (χ1) is 10.1. The fourth-order valence-corrected chi connectivity index (χ4v) is 2.93. The maximum Gasteiger partial charge on any atom is 0.353 e. The number of carbonyl (C=O) groups is 1. The third-order valence-electron chi connectivity index (χ3n) is 3.67. The molecule has 1 aromatic heterocycles. The Hall–Kier alpha value is -2.34. The number of halogens is 1. The maximum absolute atomic E-state index is 11.7. The Morgan fingerprint density at radius 2 is 2.33 bits per heavy atom. The number of rotatable bonds is 3. The molecule has 1 atom stereocenters. The van der Waals surface area contributed by atoms with Crippen molar-refractivity contribution in [3.05, 3.63) is 53.2 Å². The van der Waals surface area contributed by atoms with Crippen molar-refractivity contribution in [2.45, 2.75) is 18.9 Å². The number of aliphatic imine (C=N–C) groups is 1. The largest absolute Gasteiger partial charge is 0.477 e. The van der Waals surface area contributed by atoms with Gasteiger partial charge in [-0.1, -0.05) is 18.5 Å². The number of allylic oxidation sites excluding steroid dienone is 2. The second kappa shape index (κ2) is 4.89. The van der Waals surface area contributed by atoms with E-state index in [2.05, 4.69) is 15.4 Å². The zero-order chi connectivity index (χ0) is 15.0. The van der Waals surface area contributed by atoms with Gasteiger partial charge in [-0.15, -0.1) is 0 Å². The molecule has 0 saturated heterocycles. The monoisotopic (exact) mass is 304 g/mol. The van der Waals surface area contributed by atoms with E-state index in [1.54, 1.807) is 35.6 Å². The number of hydrogen-bond acceptors (Lipinski definition) is 5. The Morgan fingerprint density at radius 1 is 1.52 bits per heavy atom. The third kappa shape index (κ3) is 1.91. The molecule has 21 heavy (non-hydrogen) atoms. The van der Waals surface area contributed by atoms with Crippen LogP contribution in [0.15, 0.2) is 47.6 Å². The molecule has 3 rings (SSSR count). The van der Waals surface area contributed by atoms with Crippen molar-refractivity contribution in [1.29, 1.82) is 0 Å². The molecule has 1 aromatic rings. The zero-order valence-electron chi connectivity index (χ0n) is 11.2. The summed E-state index contributed by atoms with van der Waals surface area (Å²) >= 11 is 6.03. The van der Waals surface area contributed by atoms with Crippen molar-refractivity contribution in [3.8, 4) is 0 Å². The summed E-state index contributed by atoms with van der Waals surface area (Å²) in [7, 11) is 0. The minimum Gasteiger partial charge on any atom is -0.477 e. The van der Waals surface area contributed by atoms with Gasteiger partial charge in [0.1, 0.15) is 11.4 Å². The smallest absolute Gasteiger partial charge is 0.353 e. The quantitative estimate of drug-likeness (QED) is 0.893. The third-order valence-corrected chi connectivity index (χ3v) is 3.88. The molecule has 0 aliphatic carbocycles. The fraction of sp³-hybridized carbons (Fsp3) is 0.214. The molecule has 0 fully saturated rings. The maximum atomic E-state index is 11.7. The predicted molar refractivity (Wildman–Crippen MR) is 78.5 cm³/mol. The van der Waals surface area contributed by atoms with Crippen molar-refractivity contribution < 1.29 is 9.90 Å². The number of carboxylic acids is 1. The van der Waals surface area contributed by atoms with Crippen LogP contribution in [0.5, 0.6) is 0 Å². The average molecular weight is 305 g/mol. The van der Waals surface area contributed by atoms with Gasteiger partial charge in [0.25, 0.3) is 0 Å². The molecule has 2 aliphatic rings. The van der Waals surface area contributed by atoms with Gasteiger partial charge in [-0.25, -0.2) is 9.79 Å². The second-order valence-electron chi connectivity index (χ2n) is 4.72. The highest BCUT2D eigenvalue weighted by Gasteiger charge is 2.51. The van der Waals surface area contributed by atoms with E-state index < -0.39 is 11.5 Å². The lowest BCUT2D eigenvalue weighted by molar-refractivity contribution is -0.130. The van der Waals surface area contributed by atoms with Gasteiger partial charge >= 0.3 is 5.97 Å². The van der Waals surface area contributed by atoms with E-state index in [9.17, 15) is 9.90 Å². The standard InChI is InChI=1S/C14H13ClN4O2/c1-2-14(9-6-10(15)8-16-7-9)12(13(20)21)18-11-4-3-5-17-19(11)14/h3-8,17H,2H2,1H3,(H,20,21). The van der Waals surface area contributed by atoms with Crippen LogP contribution in [-0.2, 0) is 10.3 Å². The molecular formula is C14H13ClN4O2. The van der Waals surface area contributed by atoms with Crippen LogP contribution >= 0.6 is 11.6 Å². The molecule has 0 radical (unpaired) electrons. The molecule has 7 heteroatoms. The van der Waals surface area contributed by atoms with E-state index >= 15 is 0 Å². The van der Waals surface area contributed by atoms with Crippen molar-refractivity contribution >= 4 is 23.3 Å². The molecular weight excluding hydrogens is 292 g/mol.